The van der Waals surface area contributed by atoms with Crippen LogP contribution in [0, 0.1) is 12.3 Å². The van der Waals surface area contributed by atoms with Gasteiger partial charge < -0.3 is 14.6 Å². The van der Waals surface area contributed by atoms with Crippen molar-refractivity contribution in [2.75, 3.05) is 19.8 Å². The minimum atomic E-state index is -0.833. The molecule has 1 N–H and O–H groups in total. The maximum atomic E-state index is 9.04. The largest absolute Gasteiger partial charge is 0.378 e. The summed E-state index contributed by atoms with van der Waals surface area (Å²) in [4.78, 5) is 0. The molecule has 1 heterocycles. The Labute approximate surface area is 59.9 Å². The molecule has 3 heteroatoms. The second-order valence-electron chi connectivity index (χ2n) is 2.10. The van der Waals surface area contributed by atoms with E-state index in [1.54, 1.807) is 0 Å². The smallest absolute Gasteiger partial charge is 0.142 e. The fraction of sp³-hybridized carbons (Fsp3) is 0.714. The van der Waals surface area contributed by atoms with E-state index in [4.69, 9.17) is 21.0 Å². The lowest BCUT2D eigenvalue weighted by Gasteiger charge is -2.24. The number of terminal acetylenes is 1. The van der Waals surface area contributed by atoms with Gasteiger partial charge in [-0.25, -0.2) is 0 Å². The molecule has 0 spiro atoms. The molecule has 0 aromatic carbocycles. The SMILES string of the molecule is C#CC(O)C1COCCO1. The van der Waals surface area contributed by atoms with Crippen molar-refractivity contribution in [3.05, 3.63) is 0 Å². The first-order chi connectivity index (χ1) is 4.84. The Kier molecular flexibility index (Phi) is 2.69. The monoisotopic (exact) mass is 142 g/mol. The average Bonchev–Trinajstić information content (AvgIpc) is 2.05. The van der Waals surface area contributed by atoms with Crippen LogP contribution in [0.4, 0.5) is 0 Å². The van der Waals surface area contributed by atoms with Gasteiger partial charge in [0.2, 0.25) is 0 Å². The van der Waals surface area contributed by atoms with Gasteiger partial charge in [0.1, 0.15) is 12.2 Å². The van der Waals surface area contributed by atoms with Crippen LogP contribution < -0.4 is 0 Å². The van der Waals surface area contributed by atoms with E-state index in [9.17, 15) is 0 Å². The Hall–Kier alpha value is -0.560. The summed E-state index contributed by atoms with van der Waals surface area (Å²) in [7, 11) is 0. The highest BCUT2D eigenvalue weighted by Crippen LogP contribution is 2.04. The van der Waals surface area contributed by atoms with E-state index in [1.165, 1.54) is 0 Å². The van der Waals surface area contributed by atoms with E-state index in [0.717, 1.165) is 0 Å². The Morgan fingerprint density at radius 3 is 2.90 bits per heavy atom. The minimum absolute atomic E-state index is 0.334. The van der Waals surface area contributed by atoms with Crippen LogP contribution in [0.15, 0.2) is 0 Å². The molecule has 2 unspecified atom stereocenters. The molecule has 1 aliphatic rings. The van der Waals surface area contributed by atoms with Crippen LogP contribution in [0.2, 0.25) is 0 Å². The molecule has 1 aliphatic heterocycles. The molecule has 1 rings (SSSR count). The van der Waals surface area contributed by atoms with E-state index >= 15 is 0 Å². The third-order valence-electron chi connectivity index (χ3n) is 1.36. The van der Waals surface area contributed by atoms with Crippen molar-refractivity contribution >= 4 is 0 Å². The third kappa shape index (κ3) is 1.71. The Balaban J connectivity index is 2.33. The lowest BCUT2D eigenvalue weighted by molar-refractivity contribution is -0.119. The van der Waals surface area contributed by atoms with E-state index in [2.05, 4.69) is 5.92 Å². The first-order valence-electron chi connectivity index (χ1n) is 3.18. The number of aliphatic hydroxyl groups is 1. The summed E-state index contributed by atoms with van der Waals surface area (Å²) in [5.74, 6) is 2.19. The molecule has 0 bridgehead atoms. The molecular formula is C7H10O3. The zero-order chi connectivity index (χ0) is 7.40. The average molecular weight is 142 g/mol. The third-order valence-corrected chi connectivity index (χ3v) is 1.36. The molecule has 56 valence electrons. The Bertz CT molecular complexity index is 132. The molecule has 0 radical (unpaired) electrons. The number of hydrogen-bond donors (Lipinski definition) is 1. The number of hydrogen-bond acceptors (Lipinski definition) is 3. The van der Waals surface area contributed by atoms with Gasteiger partial charge in [-0.15, -0.1) is 6.42 Å². The summed E-state index contributed by atoms with van der Waals surface area (Å²) in [6.07, 6.45) is 3.80. The van der Waals surface area contributed by atoms with Crippen molar-refractivity contribution in [2.45, 2.75) is 12.2 Å². The topological polar surface area (TPSA) is 38.7 Å². The summed E-state index contributed by atoms with van der Waals surface area (Å²) in [5.41, 5.74) is 0. The lowest BCUT2D eigenvalue weighted by Crippen LogP contribution is -2.37. The summed E-state index contributed by atoms with van der Waals surface area (Å²) in [5, 5.41) is 9.04. The van der Waals surface area contributed by atoms with Crippen molar-refractivity contribution in [3.63, 3.8) is 0 Å². The summed E-state index contributed by atoms with van der Waals surface area (Å²) >= 11 is 0. The van der Waals surface area contributed by atoms with Crippen molar-refractivity contribution in [1.82, 2.24) is 0 Å². The maximum Gasteiger partial charge on any atom is 0.142 e. The van der Waals surface area contributed by atoms with Gasteiger partial charge in [0.25, 0.3) is 0 Å². The molecule has 10 heavy (non-hydrogen) atoms. The highest BCUT2D eigenvalue weighted by Gasteiger charge is 2.20. The maximum absolute atomic E-state index is 9.04. The zero-order valence-electron chi connectivity index (χ0n) is 5.62. The summed E-state index contributed by atoms with van der Waals surface area (Å²) < 4.78 is 10.1. The zero-order valence-corrected chi connectivity index (χ0v) is 5.62. The first-order valence-corrected chi connectivity index (χ1v) is 3.18. The molecule has 0 saturated carbocycles. The number of rotatable bonds is 1. The Morgan fingerprint density at radius 1 is 1.60 bits per heavy atom. The van der Waals surface area contributed by atoms with Gasteiger partial charge in [0.05, 0.1) is 19.8 Å². The Morgan fingerprint density at radius 2 is 2.40 bits per heavy atom. The fourth-order valence-corrected chi connectivity index (χ4v) is 0.796. The molecule has 1 saturated heterocycles. The van der Waals surface area contributed by atoms with Gasteiger partial charge in [-0.3, -0.25) is 0 Å². The molecule has 3 nitrogen and oxygen atoms in total. The molecule has 0 amide bonds. The van der Waals surface area contributed by atoms with Crippen molar-refractivity contribution in [1.29, 1.82) is 0 Å². The van der Waals surface area contributed by atoms with Gasteiger partial charge in [-0.2, -0.15) is 0 Å². The second kappa shape index (κ2) is 3.57. The van der Waals surface area contributed by atoms with Crippen LogP contribution >= 0.6 is 0 Å². The van der Waals surface area contributed by atoms with Gasteiger partial charge in [0, 0.05) is 0 Å². The van der Waals surface area contributed by atoms with Crippen molar-refractivity contribution in [3.8, 4) is 12.3 Å². The molecule has 0 aromatic heterocycles. The molecule has 0 aromatic rings. The highest BCUT2D eigenvalue weighted by molar-refractivity contribution is 4.98. The van der Waals surface area contributed by atoms with Crippen molar-refractivity contribution < 1.29 is 14.6 Å². The van der Waals surface area contributed by atoms with E-state index < -0.39 is 6.10 Å². The van der Waals surface area contributed by atoms with Gasteiger partial charge >= 0.3 is 0 Å². The standard InChI is InChI=1S/C7H10O3/c1-2-6(8)7-5-9-3-4-10-7/h1,6-8H,3-5H2. The summed E-state index contributed by atoms with van der Waals surface area (Å²) in [6, 6.07) is 0. The molecule has 2 atom stereocenters. The van der Waals surface area contributed by atoms with Crippen LogP contribution in [0.3, 0.4) is 0 Å². The quantitative estimate of drug-likeness (QED) is 0.497. The van der Waals surface area contributed by atoms with E-state index in [1.807, 2.05) is 0 Å². The fourth-order valence-electron chi connectivity index (χ4n) is 0.796. The van der Waals surface area contributed by atoms with Crippen LogP contribution in [0.5, 0.6) is 0 Å². The van der Waals surface area contributed by atoms with Gasteiger partial charge in [0.15, 0.2) is 0 Å². The van der Waals surface area contributed by atoms with Crippen LogP contribution in [0.1, 0.15) is 0 Å². The number of ether oxygens (including phenoxy) is 2. The predicted molar refractivity (Wildman–Crippen MR) is 35.4 cm³/mol. The molecule has 0 aliphatic carbocycles. The predicted octanol–water partition coefficient (Wildman–Crippen LogP) is -0.604. The van der Waals surface area contributed by atoms with E-state index in [-0.39, 0.29) is 6.10 Å². The van der Waals surface area contributed by atoms with Crippen molar-refractivity contribution in [2.24, 2.45) is 0 Å². The normalized spacial score (nSPS) is 29.0. The van der Waals surface area contributed by atoms with Gasteiger partial charge in [-0.1, -0.05) is 5.92 Å². The lowest BCUT2D eigenvalue weighted by atomic mass is 10.2. The van der Waals surface area contributed by atoms with Crippen LogP contribution in [-0.2, 0) is 9.47 Å². The highest BCUT2D eigenvalue weighted by atomic mass is 16.6. The summed E-state index contributed by atoms with van der Waals surface area (Å²) in [6.45, 7) is 1.50. The minimum Gasteiger partial charge on any atom is -0.378 e. The second-order valence-corrected chi connectivity index (χ2v) is 2.10. The number of aliphatic hydroxyl groups excluding tert-OH is 1. The van der Waals surface area contributed by atoms with Crippen LogP contribution in [0.25, 0.3) is 0 Å². The first kappa shape index (κ1) is 7.55. The van der Waals surface area contributed by atoms with Gasteiger partial charge in [-0.05, 0) is 0 Å². The van der Waals surface area contributed by atoms with E-state index in [0.29, 0.717) is 19.8 Å². The molecule has 1 fully saturated rings. The molecular weight excluding hydrogens is 132 g/mol. The van der Waals surface area contributed by atoms with Crippen LogP contribution in [-0.4, -0.2) is 37.1 Å².